The van der Waals surface area contributed by atoms with Gasteiger partial charge in [-0.2, -0.15) is 0 Å². The van der Waals surface area contributed by atoms with Crippen LogP contribution in [-0.4, -0.2) is 11.1 Å². The molecule has 0 bridgehead atoms. The van der Waals surface area contributed by atoms with Gasteiger partial charge in [0.05, 0.1) is 5.56 Å². The molecule has 104 valence electrons. The van der Waals surface area contributed by atoms with Crippen molar-refractivity contribution in [3.05, 3.63) is 58.9 Å². The van der Waals surface area contributed by atoms with E-state index < -0.39 is 11.8 Å². The van der Waals surface area contributed by atoms with Gasteiger partial charge in [-0.05, 0) is 47.7 Å². The molecule has 2 aromatic rings. The van der Waals surface area contributed by atoms with E-state index in [-0.39, 0.29) is 5.56 Å². The first-order valence-electron chi connectivity index (χ1n) is 6.71. The fourth-order valence-electron chi connectivity index (χ4n) is 2.35. The topological polar surface area (TPSA) is 37.3 Å². The van der Waals surface area contributed by atoms with Crippen molar-refractivity contribution in [2.75, 3.05) is 0 Å². The van der Waals surface area contributed by atoms with Crippen LogP contribution < -0.4 is 0 Å². The summed E-state index contributed by atoms with van der Waals surface area (Å²) in [4.78, 5) is 11.0. The fourth-order valence-corrected chi connectivity index (χ4v) is 2.35. The predicted molar refractivity (Wildman–Crippen MR) is 77.6 cm³/mol. The number of carbonyl (C=O) groups is 1. The minimum atomic E-state index is -1.05. The third-order valence-corrected chi connectivity index (χ3v) is 3.49. The van der Waals surface area contributed by atoms with E-state index in [9.17, 15) is 9.18 Å². The second kappa shape index (κ2) is 5.87. The maximum absolute atomic E-state index is 13.9. The highest BCUT2D eigenvalue weighted by Crippen LogP contribution is 2.27. The molecule has 2 aromatic carbocycles. The summed E-state index contributed by atoms with van der Waals surface area (Å²) < 4.78 is 13.9. The quantitative estimate of drug-likeness (QED) is 0.900. The Balaban J connectivity index is 2.56. The summed E-state index contributed by atoms with van der Waals surface area (Å²) in [6.45, 7) is 4.14. The molecule has 0 radical (unpaired) electrons. The third-order valence-electron chi connectivity index (χ3n) is 3.49. The second-order valence-corrected chi connectivity index (χ2v) is 4.69. The number of hydrogen-bond acceptors (Lipinski definition) is 1. The lowest BCUT2D eigenvalue weighted by atomic mass is 9.95. The summed E-state index contributed by atoms with van der Waals surface area (Å²) >= 11 is 0. The maximum atomic E-state index is 13.9. The summed E-state index contributed by atoms with van der Waals surface area (Å²) in [7, 11) is 0. The summed E-state index contributed by atoms with van der Waals surface area (Å²) in [6.07, 6.45) is 1.80. The van der Waals surface area contributed by atoms with Crippen LogP contribution in [0.25, 0.3) is 11.1 Å². The van der Waals surface area contributed by atoms with Gasteiger partial charge in [-0.15, -0.1) is 0 Å². The monoisotopic (exact) mass is 272 g/mol. The van der Waals surface area contributed by atoms with Gasteiger partial charge >= 0.3 is 5.97 Å². The number of rotatable bonds is 4. The predicted octanol–water partition coefficient (Wildman–Crippen LogP) is 4.32. The summed E-state index contributed by atoms with van der Waals surface area (Å²) in [5.74, 6) is -1.45. The maximum Gasteiger partial charge on any atom is 0.335 e. The van der Waals surface area contributed by atoms with Crippen LogP contribution in [0.1, 0.15) is 35.3 Å². The highest BCUT2D eigenvalue weighted by atomic mass is 19.1. The van der Waals surface area contributed by atoms with E-state index in [2.05, 4.69) is 13.8 Å². The zero-order chi connectivity index (χ0) is 14.7. The van der Waals surface area contributed by atoms with Gasteiger partial charge < -0.3 is 5.11 Å². The van der Waals surface area contributed by atoms with Gasteiger partial charge in [0.25, 0.3) is 0 Å². The second-order valence-electron chi connectivity index (χ2n) is 4.69. The van der Waals surface area contributed by atoms with Gasteiger partial charge in [0.15, 0.2) is 0 Å². The normalized spacial score (nSPS) is 10.6. The number of carboxylic acid groups (broad SMARTS) is 1. The van der Waals surface area contributed by atoms with Crippen molar-refractivity contribution in [3.8, 4) is 11.1 Å². The van der Waals surface area contributed by atoms with E-state index in [4.69, 9.17) is 5.11 Å². The smallest absolute Gasteiger partial charge is 0.335 e. The van der Waals surface area contributed by atoms with Crippen molar-refractivity contribution in [1.82, 2.24) is 0 Å². The molecule has 2 rings (SSSR count). The molecule has 0 saturated heterocycles. The van der Waals surface area contributed by atoms with Gasteiger partial charge in [-0.1, -0.05) is 32.0 Å². The minimum Gasteiger partial charge on any atom is -0.478 e. The van der Waals surface area contributed by atoms with Crippen LogP contribution in [-0.2, 0) is 12.8 Å². The van der Waals surface area contributed by atoms with E-state index in [0.717, 1.165) is 18.4 Å². The van der Waals surface area contributed by atoms with Crippen molar-refractivity contribution >= 4 is 5.97 Å². The van der Waals surface area contributed by atoms with Crippen molar-refractivity contribution < 1.29 is 14.3 Å². The molecule has 0 aliphatic rings. The fraction of sp³-hybridized carbons (Fsp3) is 0.235. The molecule has 2 nitrogen and oxygen atoms in total. The lowest BCUT2D eigenvalue weighted by molar-refractivity contribution is 0.0697. The largest absolute Gasteiger partial charge is 0.478 e. The van der Waals surface area contributed by atoms with E-state index in [0.29, 0.717) is 5.56 Å². The van der Waals surface area contributed by atoms with Gasteiger partial charge in [-0.25, -0.2) is 9.18 Å². The molecule has 1 N–H and O–H groups in total. The minimum absolute atomic E-state index is 0.0963. The Morgan fingerprint density at radius 1 is 1.05 bits per heavy atom. The Morgan fingerprint density at radius 2 is 1.75 bits per heavy atom. The summed E-state index contributed by atoms with van der Waals surface area (Å²) in [5.41, 5.74) is 3.57. The van der Waals surface area contributed by atoms with Gasteiger partial charge in [0.2, 0.25) is 0 Å². The lowest BCUT2D eigenvalue weighted by Crippen LogP contribution is -1.98. The average Bonchev–Trinajstić information content (AvgIpc) is 2.46. The Morgan fingerprint density at radius 3 is 2.35 bits per heavy atom. The van der Waals surface area contributed by atoms with Crippen LogP contribution in [0.4, 0.5) is 4.39 Å². The zero-order valence-corrected chi connectivity index (χ0v) is 11.6. The first kappa shape index (κ1) is 14.3. The molecule has 0 aliphatic carbocycles. The summed E-state index contributed by atoms with van der Waals surface area (Å²) in [6, 6.07) is 9.66. The van der Waals surface area contributed by atoms with Crippen LogP contribution in [0.15, 0.2) is 36.4 Å². The number of aromatic carboxylic acids is 1. The first-order chi connectivity index (χ1) is 9.56. The van der Waals surface area contributed by atoms with Crippen LogP contribution in [0.3, 0.4) is 0 Å². The highest BCUT2D eigenvalue weighted by Gasteiger charge is 2.11. The molecule has 0 spiro atoms. The van der Waals surface area contributed by atoms with Gasteiger partial charge in [0.1, 0.15) is 5.82 Å². The molecule has 0 fully saturated rings. The molecular weight excluding hydrogens is 255 g/mol. The average molecular weight is 272 g/mol. The van der Waals surface area contributed by atoms with Crippen molar-refractivity contribution in [2.24, 2.45) is 0 Å². The highest BCUT2D eigenvalue weighted by molar-refractivity contribution is 5.89. The van der Waals surface area contributed by atoms with Crippen molar-refractivity contribution in [1.29, 1.82) is 0 Å². The number of benzene rings is 2. The number of carboxylic acids is 1. The lowest BCUT2D eigenvalue weighted by Gasteiger charge is -2.10. The van der Waals surface area contributed by atoms with Crippen molar-refractivity contribution in [3.63, 3.8) is 0 Å². The van der Waals surface area contributed by atoms with Crippen LogP contribution >= 0.6 is 0 Å². The Hall–Kier alpha value is -2.16. The molecule has 20 heavy (non-hydrogen) atoms. The number of aryl methyl sites for hydroxylation is 2. The van der Waals surface area contributed by atoms with Crippen LogP contribution in [0.2, 0.25) is 0 Å². The molecule has 0 aliphatic heterocycles. The molecule has 0 aromatic heterocycles. The molecular formula is C17H17FO2. The van der Waals surface area contributed by atoms with Crippen LogP contribution in [0.5, 0.6) is 0 Å². The first-order valence-corrected chi connectivity index (χ1v) is 6.71. The third kappa shape index (κ3) is 2.72. The Labute approximate surface area is 117 Å². The number of hydrogen-bond donors (Lipinski definition) is 1. The van der Waals surface area contributed by atoms with Gasteiger partial charge in [-0.3, -0.25) is 0 Å². The molecule has 0 heterocycles. The van der Waals surface area contributed by atoms with E-state index in [1.807, 2.05) is 18.2 Å². The molecule has 0 saturated carbocycles. The van der Waals surface area contributed by atoms with Gasteiger partial charge in [0, 0.05) is 5.56 Å². The SMILES string of the molecule is CCc1ccc(-c2cc(C(=O)O)ccc2F)cc1CC. The van der Waals surface area contributed by atoms with E-state index in [1.54, 1.807) is 0 Å². The van der Waals surface area contributed by atoms with E-state index in [1.165, 1.54) is 29.3 Å². The molecule has 0 atom stereocenters. The Bertz CT molecular complexity index is 647. The van der Waals surface area contributed by atoms with Crippen molar-refractivity contribution in [2.45, 2.75) is 26.7 Å². The Kier molecular flexibility index (Phi) is 4.18. The van der Waals surface area contributed by atoms with Crippen LogP contribution in [0, 0.1) is 5.82 Å². The summed E-state index contributed by atoms with van der Waals surface area (Å²) in [5, 5.41) is 9.01. The molecule has 3 heteroatoms. The number of halogens is 1. The van der Waals surface area contributed by atoms with E-state index >= 15 is 0 Å². The molecule has 0 unspecified atom stereocenters. The molecule has 0 amide bonds. The zero-order valence-electron chi connectivity index (χ0n) is 11.6. The standard InChI is InChI=1S/C17H17FO2/c1-3-11-5-6-13(9-12(11)4-2)15-10-14(17(19)20)7-8-16(15)18/h5-10H,3-4H2,1-2H3,(H,19,20).